The van der Waals surface area contributed by atoms with Crippen LogP contribution >= 0.6 is 0 Å². The average molecular weight is 298 g/mol. The molecule has 2 N–H and O–H groups in total. The zero-order chi connectivity index (χ0) is 16.3. The number of halogens is 3. The molecule has 1 aliphatic heterocycles. The molecule has 0 bridgehead atoms. The highest BCUT2D eigenvalue weighted by Crippen LogP contribution is 2.32. The molecule has 124 valence electrons. The first-order chi connectivity index (χ1) is 9.27. The van der Waals surface area contributed by atoms with Crippen LogP contribution in [-0.2, 0) is 0 Å². The van der Waals surface area contributed by atoms with E-state index in [1.807, 2.05) is 27.7 Å². The van der Waals surface area contributed by atoms with Gasteiger partial charge in [0.25, 0.3) is 0 Å². The van der Waals surface area contributed by atoms with E-state index in [0.29, 0.717) is 12.3 Å². The van der Waals surface area contributed by atoms with Crippen molar-refractivity contribution in [1.29, 1.82) is 0 Å². The number of piperidine rings is 1. The Kier molecular flexibility index (Phi) is 12.5. The number of hydrogen-bond acceptors (Lipinski definition) is 2. The van der Waals surface area contributed by atoms with E-state index in [4.69, 9.17) is 0 Å². The Hall–Kier alpha value is -0.290. The minimum atomic E-state index is -4.16. The Balaban J connectivity index is 0. The van der Waals surface area contributed by atoms with Crippen molar-refractivity contribution in [3.63, 3.8) is 0 Å². The first-order valence-electron chi connectivity index (χ1n) is 7.75. The van der Waals surface area contributed by atoms with E-state index in [1.54, 1.807) is 0 Å². The van der Waals surface area contributed by atoms with Gasteiger partial charge in [-0.3, -0.25) is 0 Å². The summed E-state index contributed by atoms with van der Waals surface area (Å²) in [4.78, 5) is 0. The zero-order valence-corrected chi connectivity index (χ0v) is 14.1. The summed E-state index contributed by atoms with van der Waals surface area (Å²) in [7, 11) is 1.38. The lowest BCUT2D eigenvalue weighted by Crippen LogP contribution is -2.56. The van der Waals surface area contributed by atoms with Crippen molar-refractivity contribution < 1.29 is 13.2 Å². The maximum absolute atomic E-state index is 12.7. The predicted molar refractivity (Wildman–Crippen MR) is 81.0 cm³/mol. The van der Waals surface area contributed by atoms with Crippen LogP contribution < -0.4 is 10.6 Å². The normalized spacial score (nSPS) is 27.6. The molecule has 0 aromatic heterocycles. The summed E-state index contributed by atoms with van der Waals surface area (Å²) < 4.78 is 38.1. The predicted octanol–water partition coefficient (Wildman–Crippen LogP) is 4.21. The average Bonchev–Trinajstić information content (AvgIpc) is 2.36. The molecule has 0 aliphatic carbocycles. The van der Waals surface area contributed by atoms with Gasteiger partial charge in [0.05, 0.1) is 0 Å². The summed E-state index contributed by atoms with van der Waals surface area (Å²) in [5, 5.41) is 5.53. The van der Waals surface area contributed by atoms with Crippen LogP contribution in [0.1, 0.15) is 54.4 Å². The summed E-state index contributed by atoms with van der Waals surface area (Å²) in [6.07, 6.45) is -2.29. The highest BCUT2D eigenvalue weighted by atomic mass is 19.4. The molecule has 1 rings (SSSR count). The third-order valence-corrected chi connectivity index (χ3v) is 3.20. The molecule has 0 spiro atoms. The molecule has 0 saturated carbocycles. The number of rotatable bonds is 2. The van der Waals surface area contributed by atoms with Gasteiger partial charge in [0.1, 0.15) is 6.04 Å². The third kappa shape index (κ3) is 8.10. The van der Waals surface area contributed by atoms with E-state index < -0.39 is 12.2 Å². The molecule has 1 aliphatic rings. The topological polar surface area (TPSA) is 24.1 Å². The Morgan fingerprint density at radius 1 is 1.20 bits per heavy atom. The summed E-state index contributed by atoms with van der Waals surface area (Å²) in [5.74, 6) is -0.0665. The van der Waals surface area contributed by atoms with Gasteiger partial charge in [-0.05, 0) is 38.8 Å². The van der Waals surface area contributed by atoms with E-state index >= 15 is 0 Å². The van der Waals surface area contributed by atoms with Gasteiger partial charge in [-0.1, -0.05) is 41.0 Å². The van der Waals surface area contributed by atoms with E-state index in [9.17, 15) is 13.2 Å². The van der Waals surface area contributed by atoms with Gasteiger partial charge >= 0.3 is 6.18 Å². The second-order valence-corrected chi connectivity index (χ2v) is 5.22. The summed E-state index contributed by atoms with van der Waals surface area (Å²) in [5.41, 5.74) is 0. The van der Waals surface area contributed by atoms with Crippen LogP contribution in [0.5, 0.6) is 0 Å². The van der Waals surface area contributed by atoms with Gasteiger partial charge in [0.15, 0.2) is 0 Å². The van der Waals surface area contributed by atoms with Crippen molar-refractivity contribution >= 4 is 0 Å². The van der Waals surface area contributed by atoms with E-state index in [-0.39, 0.29) is 12.0 Å². The number of alkyl halides is 3. The van der Waals surface area contributed by atoms with Gasteiger partial charge in [-0.2, -0.15) is 13.2 Å². The molecule has 4 atom stereocenters. The molecule has 4 unspecified atom stereocenters. The van der Waals surface area contributed by atoms with E-state index in [2.05, 4.69) is 24.5 Å². The van der Waals surface area contributed by atoms with Crippen LogP contribution in [0.25, 0.3) is 0 Å². The molecular formula is C15H33F3N2. The standard InChI is InChI=1S/C10H19F3N2.C3H8.C2H6/c1-6-4-8(7(2)15-5-6)9(14-3)10(11,12)13;1-3-2;1-2/h6-9,14-15H,4-5H2,1-3H3;3H2,1-2H3;1-2H3. The summed E-state index contributed by atoms with van der Waals surface area (Å²) >= 11 is 0. The van der Waals surface area contributed by atoms with Crippen LogP contribution in [0.2, 0.25) is 0 Å². The van der Waals surface area contributed by atoms with Gasteiger partial charge in [-0.15, -0.1) is 0 Å². The lowest BCUT2D eigenvalue weighted by Gasteiger charge is -2.39. The lowest BCUT2D eigenvalue weighted by atomic mass is 9.81. The minimum absolute atomic E-state index is 0.0831. The van der Waals surface area contributed by atoms with Crippen LogP contribution in [-0.4, -0.2) is 31.9 Å². The molecule has 0 amide bonds. The summed E-state index contributed by atoms with van der Waals surface area (Å²) in [6, 6.07) is -1.48. The van der Waals surface area contributed by atoms with Crippen molar-refractivity contribution in [3.8, 4) is 0 Å². The smallest absolute Gasteiger partial charge is 0.314 e. The highest BCUT2D eigenvalue weighted by molar-refractivity contribution is 4.91. The second kappa shape index (κ2) is 11.4. The largest absolute Gasteiger partial charge is 0.404 e. The maximum atomic E-state index is 12.7. The molecular weight excluding hydrogens is 265 g/mol. The first kappa shape index (κ1) is 22.0. The Bertz CT molecular complexity index is 220. The van der Waals surface area contributed by atoms with Crippen LogP contribution in [0.3, 0.4) is 0 Å². The Morgan fingerprint density at radius 3 is 2.00 bits per heavy atom. The number of hydrogen-bond donors (Lipinski definition) is 2. The second-order valence-electron chi connectivity index (χ2n) is 5.22. The molecule has 20 heavy (non-hydrogen) atoms. The van der Waals surface area contributed by atoms with Gasteiger partial charge in [0, 0.05) is 6.04 Å². The van der Waals surface area contributed by atoms with Gasteiger partial charge in [0.2, 0.25) is 0 Å². The van der Waals surface area contributed by atoms with E-state index in [1.165, 1.54) is 13.5 Å². The van der Waals surface area contributed by atoms with Crippen molar-refractivity contribution in [3.05, 3.63) is 0 Å². The van der Waals surface area contributed by atoms with Crippen LogP contribution in [0, 0.1) is 11.8 Å². The fourth-order valence-electron chi connectivity index (χ4n) is 2.34. The first-order valence-corrected chi connectivity index (χ1v) is 7.75. The molecule has 1 fully saturated rings. The summed E-state index contributed by atoms with van der Waals surface area (Å²) in [6.45, 7) is 12.9. The van der Waals surface area contributed by atoms with Crippen LogP contribution in [0.15, 0.2) is 0 Å². The molecule has 2 nitrogen and oxygen atoms in total. The molecule has 5 heteroatoms. The monoisotopic (exact) mass is 298 g/mol. The zero-order valence-electron chi connectivity index (χ0n) is 14.1. The van der Waals surface area contributed by atoms with Crippen LogP contribution in [0.4, 0.5) is 13.2 Å². The van der Waals surface area contributed by atoms with Gasteiger partial charge in [-0.25, -0.2) is 0 Å². The Labute approximate surface area is 122 Å². The fraction of sp³-hybridized carbons (Fsp3) is 1.00. The molecule has 1 heterocycles. The Morgan fingerprint density at radius 2 is 1.65 bits per heavy atom. The van der Waals surface area contributed by atoms with E-state index in [0.717, 1.165) is 6.54 Å². The lowest BCUT2D eigenvalue weighted by molar-refractivity contribution is -0.171. The fourth-order valence-corrected chi connectivity index (χ4v) is 2.34. The molecule has 0 radical (unpaired) electrons. The maximum Gasteiger partial charge on any atom is 0.404 e. The SMILES string of the molecule is CC.CCC.CNC(C1CC(C)CNC1C)C(F)(F)F. The highest BCUT2D eigenvalue weighted by Gasteiger charge is 2.46. The molecule has 0 aromatic rings. The van der Waals surface area contributed by atoms with Crippen molar-refractivity contribution in [1.82, 2.24) is 10.6 Å². The molecule has 0 aromatic carbocycles. The van der Waals surface area contributed by atoms with Gasteiger partial charge < -0.3 is 10.6 Å². The molecule has 1 saturated heterocycles. The number of nitrogens with one attached hydrogen (secondary N) is 2. The van der Waals surface area contributed by atoms with Crippen molar-refractivity contribution in [2.75, 3.05) is 13.6 Å². The quantitative estimate of drug-likeness (QED) is 0.798. The minimum Gasteiger partial charge on any atom is -0.314 e. The van der Waals surface area contributed by atoms with Crippen molar-refractivity contribution in [2.24, 2.45) is 11.8 Å². The van der Waals surface area contributed by atoms with Crippen molar-refractivity contribution in [2.45, 2.75) is 72.6 Å². The third-order valence-electron chi connectivity index (χ3n) is 3.20.